The fraction of sp³-hybridized carbons (Fsp3) is 0.308. The van der Waals surface area contributed by atoms with Crippen LogP contribution in [0.3, 0.4) is 0 Å². The molecule has 16 heavy (non-hydrogen) atoms. The molecule has 0 radical (unpaired) electrons. The van der Waals surface area contributed by atoms with Crippen molar-refractivity contribution in [3.8, 4) is 0 Å². The van der Waals surface area contributed by atoms with Crippen LogP contribution in [0.15, 0.2) is 36.7 Å². The van der Waals surface area contributed by atoms with Gasteiger partial charge in [0.1, 0.15) is 0 Å². The van der Waals surface area contributed by atoms with Crippen LogP contribution in [-0.2, 0) is 0 Å². The maximum absolute atomic E-state index is 4.25. The van der Waals surface area contributed by atoms with Gasteiger partial charge in [0.15, 0.2) is 0 Å². The second-order valence-corrected chi connectivity index (χ2v) is 3.99. The summed E-state index contributed by atoms with van der Waals surface area (Å²) in [6.07, 6.45) is 3.81. The SMILES string of the molecule is CNc1nccn1C(C)c1ccc(C)cc1. The van der Waals surface area contributed by atoms with Crippen molar-refractivity contribution < 1.29 is 0 Å². The fourth-order valence-corrected chi connectivity index (χ4v) is 1.82. The molecule has 1 heterocycles. The number of hydrogen-bond donors (Lipinski definition) is 1. The van der Waals surface area contributed by atoms with Gasteiger partial charge < -0.3 is 9.88 Å². The number of nitrogens with one attached hydrogen (secondary N) is 1. The molecule has 1 unspecified atom stereocenters. The van der Waals surface area contributed by atoms with E-state index in [1.54, 1.807) is 0 Å². The Morgan fingerprint density at radius 1 is 1.25 bits per heavy atom. The van der Waals surface area contributed by atoms with E-state index in [-0.39, 0.29) is 0 Å². The van der Waals surface area contributed by atoms with Crippen molar-refractivity contribution in [2.75, 3.05) is 12.4 Å². The van der Waals surface area contributed by atoms with Gasteiger partial charge in [-0.3, -0.25) is 0 Å². The van der Waals surface area contributed by atoms with Gasteiger partial charge in [-0.15, -0.1) is 0 Å². The maximum atomic E-state index is 4.25. The van der Waals surface area contributed by atoms with Crippen molar-refractivity contribution in [1.29, 1.82) is 0 Å². The van der Waals surface area contributed by atoms with Gasteiger partial charge in [-0.2, -0.15) is 0 Å². The highest BCUT2D eigenvalue weighted by atomic mass is 15.2. The highest BCUT2D eigenvalue weighted by molar-refractivity contribution is 5.30. The molecule has 0 amide bonds. The molecule has 2 rings (SSSR count). The molecule has 1 aromatic heterocycles. The van der Waals surface area contributed by atoms with Gasteiger partial charge in [-0.1, -0.05) is 29.8 Å². The largest absolute Gasteiger partial charge is 0.359 e. The first-order valence-corrected chi connectivity index (χ1v) is 5.49. The highest BCUT2D eigenvalue weighted by Crippen LogP contribution is 2.21. The number of hydrogen-bond acceptors (Lipinski definition) is 2. The first-order chi connectivity index (χ1) is 7.72. The average Bonchev–Trinajstić information content (AvgIpc) is 2.77. The minimum atomic E-state index is 0.297. The first kappa shape index (κ1) is 10.7. The normalized spacial score (nSPS) is 12.4. The number of aromatic nitrogens is 2. The third-order valence-corrected chi connectivity index (χ3v) is 2.87. The number of aryl methyl sites for hydroxylation is 1. The van der Waals surface area contributed by atoms with Gasteiger partial charge in [0.2, 0.25) is 5.95 Å². The van der Waals surface area contributed by atoms with E-state index in [4.69, 9.17) is 0 Å². The lowest BCUT2D eigenvalue weighted by Crippen LogP contribution is -2.09. The first-order valence-electron chi connectivity index (χ1n) is 5.49. The Bertz CT molecular complexity index is 456. The molecule has 84 valence electrons. The third-order valence-electron chi connectivity index (χ3n) is 2.87. The van der Waals surface area contributed by atoms with E-state index in [1.807, 2.05) is 19.4 Å². The van der Waals surface area contributed by atoms with Gasteiger partial charge in [0.05, 0.1) is 6.04 Å². The van der Waals surface area contributed by atoms with E-state index in [0.29, 0.717) is 6.04 Å². The van der Waals surface area contributed by atoms with Crippen LogP contribution in [-0.4, -0.2) is 16.6 Å². The van der Waals surface area contributed by atoms with Crippen LogP contribution >= 0.6 is 0 Å². The van der Waals surface area contributed by atoms with Crippen molar-refractivity contribution in [2.24, 2.45) is 0 Å². The zero-order chi connectivity index (χ0) is 11.5. The summed E-state index contributed by atoms with van der Waals surface area (Å²) in [6, 6.07) is 8.91. The van der Waals surface area contributed by atoms with Crippen LogP contribution in [0.1, 0.15) is 24.1 Å². The lowest BCUT2D eigenvalue weighted by atomic mass is 10.1. The van der Waals surface area contributed by atoms with E-state index >= 15 is 0 Å². The van der Waals surface area contributed by atoms with Gasteiger partial charge in [-0.25, -0.2) is 4.98 Å². The fourth-order valence-electron chi connectivity index (χ4n) is 1.82. The van der Waals surface area contributed by atoms with E-state index in [0.717, 1.165) is 5.95 Å². The van der Waals surface area contributed by atoms with E-state index < -0.39 is 0 Å². The van der Waals surface area contributed by atoms with Gasteiger partial charge in [-0.05, 0) is 19.4 Å². The lowest BCUT2D eigenvalue weighted by Gasteiger charge is -2.16. The van der Waals surface area contributed by atoms with Gasteiger partial charge in [0, 0.05) is 19.4 Å². The number of anilines is 1. The minimum absolute atomic E-state index is 0.297. The number of imidazole rings is 1. The Kier molecular flexibility index (Phi) is 2.95. The predicted molar refractivity (Wildman–Crippen MR) is 66.8 cm³/mol. The van der Waals surface area contributed by atoms with Gasteiger partial charge >= 0.3 is 0 Å². The molecule has 2 aromatic rings. The molecule has 0 aliphatic heterocycles. The average molecular weight is 215 g/mol. The summed E-state index contributed by atoms with van der Waals surface area (Å²) in [6.45, 7) is 4.28. The van der Waals surface area contributed by atoms with Crippen LogP contribution < -0.4 is 5.32 Å². The lowest BCUT2D eigenvalue weighted by molar-refractivity contribution is 0.645. The summed E-state index contributed by atoms with van der Waals surface area (Å²) in [5.74, 6) is 0.896. The molecule has 0 bridgehead atoms. The van der Waals surface area contributed by atoms with E-state index in [1.165, 1.54) is 11.1 Å². The standard InChI is InChI=1S/C13H17N3/c1-10-4-6-12(7-5-10)11(2)16-9-8-15-13(16)14-3/h4-9,11H,1-3H3,(H,14,15). The molecule has 3 nitrogen and oxygen atoms in total. The summed E-state index contributed by atoms with van der Waals surface area (Å²) >= 11 is 0. The third kappa shape index (κ3) is 1.94. The predicted octanol–water partition coefficient (Wildman–Crippen LogP) is 2.84. The Labute approximate surface area is 96.1 Å². The number of nitrogens with zero attached hydrogens (tertiary/aromatic N) is 2. The Morgan fingerprint density at radius 2 is 1.94 bits per heavy atom. The van der Waals surface area contributed by atoms with Crippen molar-refractivity contribution >= 4 is 5.95 Å². The summed E-state index contributed by atoms with van der Waals surface area (Å²) < 4.78 is 2.13. The zero-order valence-electron chi connectivity index (χ0n) is 9.94. The number of benzene rings is 1. The van der Waals surface area contributed by atoms with Crippen LogP contribution in [0.5, 0.6) is 0 Å². The van der Waals surface area contributed by atoms with Crippen LogP contribution in [0, 0.1) is 6.92 Å². The van der Waals surface area contributed by atoms with Crippen LogP contribution in [0.25, 0.3) is 0 Å². The van der Waals surface area contributed by atoms with Gasteiger partial charge in [0.25, 0.3) is 0 Å². The maximum Gasteiger partial charge on any atom is 0.203 e. The molecule has 0 aliphatic rings. The molecule has 0 saturated heterocycles. The second kappa shape index (κ2) is 4.39. The van der Waals surface area contributed by atoms with E-state index in [2.05, 4.69) is 53.0 Å². The molecule has 0 saturated carbocycles. The molecule has 1 aromatic carbocycles. The summed E-state index contributed by atoms with van der Waals surface area (Å²) in [5, 5.41) is 3.09. The van der Waals surface area contributed by atoms with Crippen molar-refractivity contribution in [1.82, 2.24) is 9.55 Å². The summed E-state index contributed by atoms with van der Waals surface area (Å²) in [4.78, 5) is 4.25. The highest BCUT2D eigenvalue weighted by Gasteiger charge is 2.10. The quantitative estimate of drug-likeness (QED) is 0.853. The Hall–Kier alpha value is -1.77. The van der Waals surface area contributed by atoms with Crippen LogP contribution in [0.2, 0.25) is 0 Å². The molecule has 1 atom stereocenters. The monoisotopic (exact) mass is 215 g/mol. The smallest absolute Gasteiger partial charge is 0.203 e. The molecule has 3 heteroatoms. The summed E-state index contributed by atoms with van der Waals surface area (Å²) in [5.41, 5.74) is 2.58. The Morgan fingerprint density at radius 3 is 2.56 bits per heavy atom. The van der Waals surface area contributed by atoms with Crippen molar-refractivity contribution in [3.63, 3.8) is 0 Å². The Balaban J connectivity index is 2.31. The molecular formula is C13H17N3. The molecule has 0 fully saturated rings. The van der Waals surface area contributed by atoms with E-state index in [9.17, 15) is 0 Å². The topological polar surface area (TPSA) is 29.9 Å². The minimum Gasteiger partial charge on any atom is -0.359 e. The molecule has 0 spiro atoms. The van der Waals surface area contributed by atoms with Crippen molar-refractivity contribution in [2.45, 2.75) is 19.9 Å². The second-order valence-electron chi connectivity index (χ2n) is 3.99. The number of rotatable bonds is 3. The zero-order valence-corrected chi connectivity index (χ0v) is 9.94. The summed E-state index contributed by atoms with van der Waals surface area (Å²) in [7, 11) is 1.89. The van der Waals surface area contributed by atoms with Crippen LogP contribution in [0.4, 0.5) is 5.95 Å². The molecule has 0 aliphatic carbocycles. The van der Waals surface area contributed by atoms with Crippen molar-refractivity contribution in [3.05, 3.63) is 47.8 Å². The molecule has 1 N–H and O–H groups in total. The molecular weight excluding hydrogens is 198 g/mol.